The van der Waals surface area contributed by atoms with Gasteiger partial charge in [0.2, 0.25) is 0 Å². The van der Waals surface area contributed by atoms with E-state index in [1.165, 1.54) is 24.1 Å². The smallest absolute Gasteiger partial charge is 0.142 e. The highest BCUT2D eigenvalue weighted by molar-refractivity contribution is 5.59. The molecule has 104 valence electrons. The fourth-order valence-corrected chi connectivity index (χ4v) is 3.08. The van der Waals surface area contributed by atoms with Crippen molar-refractivity contribution in [1.29, 1.82) is 0 Å². The maximum atomic E-state index is 5.50. The van der Waals surface area contributed by atoms with Crippen LogP contribution in [0.1, 0.15) is 24.3 Å². The Morgan fingerprint density at radius 1 is 1.00 bits per heavy atom. The highest BCUT2D eigenvalue weighted by Gasteiger charge is 2.22. The lowest BCUT2D eigenvalue weighted by molar-refractivity contribution is 0.411. The predicted molar refractivity (Wildman–Crippen MR) is 83.6 cm³/mol. The second-order valence-electron chi connectivity index (χ2n) is 5.37. The van der Waals surface area contributed by atoms with E-state index in [1.54, 1.807) is 7.11 Å². The first kappa shape index (κ1) is 13.0. The molecule has 1 heterocycles. The van der Waals surface area contributed by atoms with Crippen molar-refractivity contribution in [3.8, 4) is 5.75 Å². The molecule has 1 atom stereocenters. The van der Waals surface area contributed by atoms with Crippen molar-refractivity contribution < 1.29 is 4.74 Å². The van der Waals surface area contributed by atoms with E-state index in [4.69, 9.17) is 4.74 Å². The number of methoxy groups -OCH3 is 1. The topological polar surface area (TPSA) is 12.5 Å². The molecule has 0 aromatic heterocycles. The molecule has 0 N–H and O–H groups in total. The average Bonchev–Trinajstić information content (AvgIpc) is 2.56. The average molecular weight is 267 g/mol. The third-order valence-electron chi connectivity index (χ3n) is 4.12. The van der Waals surface area contributed by atoms with Gasteiger partial charge in [-0.2, -0.15) is 0 Å². The van der Waals surface area contributed by atoms with Gasteiger partial charge in [-0.3, -0.25) is 0 Å². The van der Waals surface area contributed by atoms with Gasteiger partial charge in [0.25, 0.3) is 0 Å². The fraction of sp³-hybridized carbons (Fsp3) is 0.333. The Bertz CT molecular complexity index is 552. The quantitative estimate of drug-likeness (QED) is 0.831. The Kier molecular flexibility index (Phi) is 3.91. The van der Waals surface area contributed by atoms with E-state index < -0.39 is 0 Å². The number of rotatable bonds is 3. The number of piperidine rings is 1. The lowest BCUT2D eigenvalue weighted by atomic mass is 9.90. The summed E-state index contributed by atoms with van der Waals surface area (Å²) in [4.78, 5) is 2.46. The summed E-state index contributed by atoms with van der Waals surface area (Å²) in [6.07, 6.45) is 2.51. The molecular weight excluding hydrogens is 246 g/mol. The maximum absolute atomic E-state index is 5.50. The lowest BCUT2D eigenvalue weighted by Crippen LogP contribution is -2.34. The second kappa shape index (κ2) is 6.00. The minimum atomic E-state index is 0.620. The Balaban J connectivity index is 1.82. The summed E-state index contributed by atoms with van der Waals surface area (Å²) in [6.45, 7) is 2.19. The molecular formula is C18H21NO. The molecule has 0 bridgehead atoms. The predicted octanol–water partition coefficient (Wildman–Crippen LogP) is 4.08. The van der Waals surface area contributed by atoms with Gasteiger partial charge in [0, 0.05) is 19.0 Å². The second-order valence-corrected chi connectivity index (χ2v) is 5.37. The molecule has 1 aliphatic heterocycles. The summed E-state index contributed by atoms with van der Waals surface area (Å²) in [5.41, 5.74) is 2.67. The zero-order chi connectivity index (χ0) is 13.8. The van der Waals surface area contributed by atoms with Gasteiger partial charge in [0.15, 0.2) is 0 Å². The van der Waals surface area contributed by atoms with Crippen LogP contribution < -0.4 is 9.64 Å². The first-order valence-corrected chi connectivity index (χ1v) is 7.31. The van der Waals surface area contributed by atoms with Crippen LogP contribution >= 0.6 is 0 Å². The molecule has 3 rings (SSSR count). The summed E-state index contributed by atoms with van der Waals surface area (Å²) in [7, 11) is 1.75. The van der Waals surface area contributed by atoms with Gasteiger partial charge in [-0.25, -0.2) is 0 Å². The van der Waals surface area contributed by atoms with Crippen molar-refractivity contribution in [3.05, 3.63) is 60.2 Å². The largest absolute Gasteiger partial charge is 0.495 e. The van der Waals surface area contributed by atoms with Crippen LogP contribution in [0.5, 0.6) is 5.75 Å². The zero-order valence-electron chi connectivity index (χ0n) is 12.0. The maximum Gasteiger partial charge on any atom is 0.142 e. The zero-order valence-corrected chi connectivity index (χ0v) is 12.0. The summed E-state index contributed by atoms with van der Waals surface area (Å²) in [6, 6.07) is 19.2. The first-order chi connectivity index (χ1) is 9.88. The van der Waals surface area contributed by atoms with Crippen LogP contribution in [0, 0.1) is 0 Å². The van der Waals surface area contributed by atoms with Crippen molar-refractivity contribution in [2.24, 2.45) is 0 Å². The van der Waals surface area contributed by atoms with E-state index in [0.717, 1.165) is 18.8 Å². The monoisotopic (exact) mass is 267 g/mol. The SMILES string of the molecule is COc1ccccc1N1CCCC(c2ccccc2)C1. The van der Waals surface area contributed by atoms with Gasteiger partial charge in [0.1, 0.15) is 5.75 Å². The fourth-order valence-electron chi connectivity index (χ4n) is 3.08. The van der Waals surface area contributed by atoms with Crippen molar-refractivity contribution in [2.45, 2.75) is 18.8 Å². The molecule has 1 unspecified atom stereocenters. The standard InChI is InChI=1S/C18H21NO/c1-20-18-12-6-5-11-17(18)19-13-7-10-16(14-19)15-8-3-2-4-9-15/h2-6,8-9,11-12,16H,7,10,13-14H2,1H3. The van der Waals surface area contributed by atoms with Crippen LogP contribution in [0.2, 0.25) is 0 Å². The van der Waals surface area contributed by atoms with Crippen LogP contribution in [-0.4, -0.2) is 20.2 Å². The molecule has 1 fully saturated rings. The van der Waals surface area contributed by atoms with Crippen molar-refractivity contribution in [2.75, 3.05) is 25.1 Å². The van der Waals surface area contributed by atoms with Crippen molar-refractivity contribution in [3.63, 3.8) is 0 Å². The summed E-state index contributed by atoms with van der Waals surface area (Å²) >= 11 is 0. The summed E-state index contributed by atoms with van der Waals surface area (Å²) in [5, 5.41) is 0. The third kappa shape index (κ3) is 2.64. The number of hydrogen-bond donors (Lipinski definition) is 0. The summed E-state index contributed by atoms with van der Waals surface area (Å²) in [5.74, 6) is 1.59. The number of para-hydroxylation sites is 2. The third-order valence-corrected chi connectivity index (χ3v) is 4.12. The number of ether oxygens (including phenoxy) is 1. The Morgan fingerprint density at radius 2 is 1.75 bits per heavy atom. The van der Waals surface area contributed by atoms with E-state index in [1.807, 2.05) is 12.1 Å². The van der Waals surface area contributed by atoms with Crippen LogP contribution in [0.15, 0.2) is 54.6 Å². The van der Waals surface area contributed by atoms with E-state index in [9.17, 15) is 0 Å². The number of hydrogen-bond acceptors (Lipinski definition) is 2. The minimum absolute atomic E-state index is 0.620. The van der Waals surface area contributed by atoms with Crippen molar-refractivity contribution >= 4 is 5.69 Å². The molecule has 2 heteroatoms. The van der Waals surface area contributed by atoms with Gasteiger partial charge in [0.05, 0.1) is 12.8 Å². The summed E-state index contributed by atoms with van der Waals surface area (Å²) < 4.78 is 5.50. The van der Waals surface area contributed by atoms with E-state index in [0.29, 0.717) is 5.92 Å². The molecule has 0 saturated carbocycles. The Labute approximate surface area is 121 Å². The van der Waals surface area contributed by atoms with E-state index in [-0.39, 0.29) is 0 Å². The minimum Gasteiger partial charge on any atom is -0.495 e. The molecule has 0 amide bonds. The van der Waals surface area contributed by atoms with Gasteiger partial charge in [-0.1, -0.05) is 42.5 Å². The molecule has 0 spiro atoms. The first-order valence-electron chi connectivity index (χ1n) is 7.31. The number of nitrogens with zero attached hydrogens (tertiary/aromatic N) is 1. The highest BCUT2D eigenvalue weighted by atomic mass is 16.5. The Hall–Kier alpha value is -1.96. The van der Waals surface area contributed by atoms with Gasteiger partial charge in [-0.15, -0.1) is 0 Å². The van der Waals surface area contributed by atoms with Crippen LogP contribution in [0.25, 0.3) is 0 Å². The molecule has 2 nitrogen and oxygen atoms in total. The number of anilines is 1. The molecule has 0 aliphatic carbocycles. The van der Waals surface area contributed by atoms with E-state index >= 15 is 0 Å². The van der Waals surface area contributed by atoms with Crippen LogP contribution in [0.4, 0.5) is 5.69 Å². The molecule has 20 heavy (non-hydrogen) atoms. The molecule has 2 aromatic rings. The molecule has 1 saturated heterocycles. The number of benzene rings is 2. The van der Waals surface area contributed by atoms with Crippen molar-refractivity contribution in [1.82, 2.24) is 0 Å². The van der Waals surface area contributed by atoms with Gasteiger partial charge >= 0.3 is 0 Å². The van der Waals surface area contributed by atoms with Gasteiger partial charge in [-0.05, 0) is 30.5 Å². The van der Waals surface area contributed by atoms with Crippen LogP contribution in [-0.2, 0) is 0 Å². The normalized spacial score (nSPS) is 18.9. The molecule has 1 aliphatic rings. The van der Waals surface area contributed by atoms with E-state index in [2.05, 4.69) is 47.4 Å². The molecule has 2 aromatic carbocycles. The lowest BCUT2D eigenvalue weighted by Gasteiger charge is -2.35. The molecule has 0 radical (unpaired) electrons. The highest BCUT2D eigenvalue weighted by Crippen LogP contribution is 2.34. The van der Waals surface area contributed by atoms with Gasteiger partial charge < -0.3 is 9.64 Å². The van der Waals surface area contributed by atoms with Crippen LogP contribution in [0.3, 0.4) is 0 Å². The Morgan fingerprint density at radius 3 is 2.55 bits per heavy atom.